The molecule has 0 fully saturated rings. The Kier molecular flexibility index (Phi) is 21.9. The Morgan fingerprint density at radius 1 is 0.892 bits per heavy atom. The van der Waals surface area contributed by atoms with E-state index in [4.69, 9.17) is 14.2 Å². The number of methoxy groups -OCH3 is 1. The third-order valence-corrected chi connectivity index (χ3v) is 7.74. The maximum atomic E-state index is 12.6. The lowest BCUT2D eigenvalue weighted by molar-refractivity contribution is -0.692. The zero-order valence-electron chi connectivity index (χ0n) is 24.4. The number of aryl methyl sites for hydroxylation is 1. The van der Waals surface area contributed by atoms with Gasteiger partial charge in [0.1, 0.15) is 12.6 Å². The van der Waals surface area contributed by atoms with Gasteiger partial charge in [0.2, 0.25) is 11.8 Å². The van der Waals surface area contributed by atoms with Gasteiger partial charge in [-0.1, -0.05) is 109 Å². The lowest BCUT2D eigenvalue weighted by atomic mass is 10.0. The first-order valence-electron chi connectivity index (χ1n) is 15.1. The second-order valence-electron chi connectivity index (χ2n) is 10.3. The van der Waals surface area contributed by atoms with Gasteiger partial charge in [0.05, 0.1) is 12.0 Å². The molecule has 1 rings (SSSR count). The molecule has 6 nitrogen and oxygen atoms in total. The van der Waals surface area contributed by atoms with Crippen LogP contribution in [0.1, 0.15) is 130 Å². The van der Waals surface area contributed by atoms with Crippen molar-refractivity contribution in [1.82, 2.24) is 5.32 Å². The number of carbonyl (C=O) groups excluding carboxylic acids is 1. The number of ether oxygens (including phenoxy) is 3. The highest BCUT2D eigenvalue weighted by molar-refractivity contribution is 7.07. The molecule has 1 amide bonds. The third kappa shape index (κ3) is 18.7. The van der Waals surface area contributed by atoms with Gasteiger partial charge in [-0.15, -0.1) is 0 Å². The van der Waals surface area contributed by atoms with Crippen LogP contribution in [0.5, 0.6) is 0 Å². The zero-order valence-corrected chi connectivity index (χ0v) is 25.2. The second kappa shape index (κ2) is 23.9. The molecule has 0 aliphatic carbocycles. The largest absolute Gasteiger partial charge is 0.417 e. The van der Waals surface area contributed by atoms with Gasteiger partial charge in [-0.2, -0.15) is 4.57 Å². The van der Waals surface area contributed by atoms with Crippen LogP contribution in [0.4, 0.5) is 4.79 Å². The van der Waals surface area contributed by atoms with Crippen molar-refractivity contribution < 1.29 is 23.6 Å². The molecule has 1 aromatic rings. The van der Waals surface area contributed by atoms with E-state index in [9.17, 15) is 4.79 Å². The van der Waals surface area contributed by atoms with Gasteiger partial charge >= 0.3 is 6.09 Å². The molecular formula is C30H57N2O4S+. The van der Waals surface area contributed by atoms with E-state index in [1.807, 2.05) is 6.92 Å². The van der Waals surface area contributed by atoms with E-state index in [2.05, 4.69) is 40.8 Å². The summed E-state index contributed by atoms with van der Waals surface area (Å²) in [5, 5.41) is 5.11. The number of nitrogens with zero attached hydrogens (tertiary/aromatic N) is 1. The van der Waals surface area contributed by atoms with Crippen molar-refractivity contribution in [2.45, 2.75) is 155 Å². The van der Waals surface area contributed by atoms with Crippen LogP contribution in [0, 0.1) is 0 Å². The van der Waals surface area contributed by atoms with Crippen LogP contribution in [0.15, 0.2) is 17.1 Å². The summed E-state index contributed by atoms with van der Waals surface area (Å²) in [7, 11) is 1.61. The number of alkyl carbamates (subject to hydrolysis) is 1. The number of nitrogens with one attached hydrogen (secondary N) is 1. The summed E-state index contributed by atoms with van der Waals surface area (Å²) in [5.74, 6) is 0. The van der Waals surface area contributed by atoms with Gasteiger partial charge in [0, 0.05) is 19.6 Å². The second-order valence-corrected chi connectivity index (χ2v) is 11.1. The molecule has 0 bridgehead atoms. The number of aromatic nitrogens is 1. The summed E-state index contributed by atoms with van der Waals surface area (Å²) >= 11 is 1.69. The first-order chi connectivity index (χ1) is 18.1. The minimum absolute atomic E-state index is 0.140. The van der Waals surface area contributed by atoms with Gasteiger partial charge < -0.3 is 19.5 Å². The lowest BCUT2D eigenvalue weighted by Crippen LogP contribution is -2.41. The van der Waals surface area contributed by atoms with Gasteiger partial charge in [-0.05, 0) is 26.2 Å². The maximum absolute atomic E-state index is 12.6. The minimum atomic E-state index is -0.701. The molecule has 216 valence electrons. The molecule has 7 heteroatoms. The normalized spacial score (nSPS) is 13.8. The fourth-order valence-electron chi connectivity index (χ4n) is 4.45. The van der Waals surface area contributed by atoms with Gasteiger partial charge in [0.25, 0.3) is 0 Å². The Balaban J connectivity index is 2.11. The zero-order chi connectivity index (χ0) is 27.0. The summed E-state index contributed by atoms with van der Waals surface area (Å²) < 4.78 is 19.0. The highest BCUT2D eigenvalue weighted by atomic mass is 32.1. The van der Waals surface area contributed by atoms with Crippen LogP contribution >= 0.6 is 11.3 Å². The minimum Gasteiger partial charge on any atom is -0.417 e. The highest BCUT2D eigenvalue weighted by Gasteiger charge is 2.23. The molecule has 0 saturated heterocycles. The van der Waals surface area contributed by atoms with Crippen LogP contribution in [0.3, 0.4) is 0 Å². The molecule has 0 radical (unpaired) electrons. The van der Waals surface area contributed by atoms with Crippen LogP contribution < -0.4 is 9.88 Å². The number of carbonyl (C=O) groups is 1. The average Bonchev–Trinajstić information content (AvgIpc) is 3.42. The number of unbranched alkanes of at least 4 members (excludes halogenated alkanes) is 13. The predicted octanol–water partition coefficient (Wildman–Crippen LogP) is 8.18. The third-order valence-electron chi connectivity index (χ3n) is 7.07. The van der Waals surface area contributed by atoms with Crippen molar-refractivity contribution in [3.05, 3.63) is 17.1 Å². The van der Waals surface area contributed by atoms with Gasteiger partial charge in [-0.25, -0.2) is 4.79 Å². The molecular weight excluding hydrogens is 484 g/mol. The monoisotopic (exact) mass is 541 g/mol. The maximum Gasteiger partial charge on any atom is 0.409 e. The Morgan fingerprint density at radius 3 is 2.05 bits per heavy atom. The van der Waals surface area contributed by atoms with E-state index < -0.39 is 12.4 Å². The molecule has 3 unspecified atom stereocenters. The quantitative estimate of drug-likeness (QED) is 0.0770. The van der Waals surface area contributed by atoms with Gasteiger partial charge in [-0.3, -0.25) is 0 Å². The Hall–Kier alpha value is -1.18. The number of hydrogen-bond acceptors (Lipinski definition) is 5. The fourth-order valence-corrected chi connectivity index (χ4v) is 5.08. The van der Waals surface area contributed by atoms with E-state index in [1.54, 1.807) is 18.4 Å². The Morgan fingerprint density at radius 2 is 1.51 bits per heavy atom. The molecule has 0 saturated carbocycles. The molecule has 0 aromatic carbocycles. The van der Waals surface area contributed by atoms with E-state index >= 15 is 0 Å². The summed E-state index contributed by atoms with van der Waals surface area (Å²) in [6.45, 7) is 7.76. The molecule has 37 heavy (non-hydrogen) atoms. The number of hydrogen-bond donors (Lipinski definition) is 1. The number of rotatable bonds is 25. The first kappa shape index (κ1) is 33.8. The Bertz CT molecular complexity index is 629. The van der Waals surface area contributed by atoms with Crippen molar-refractivity contribution in [2.75, 3.05) is 13.7 Å². The summed E-state index contributed by atoms with van der Waals surface area (Å²) in [6.07, 6.45) is 22.0. The lowest BCUT2D eigenvalue weighted by Gasteiger charge is -2.25. The SMILES string of the molecule is CCCCCCCCCCCCCCCC(CC)NC(=O)OC(OCCCC[n+]1ccsc1)C(C)OC. The van der Waals surface area contributed by atoms with Crippen molar-refractivity contribution >= 4 is 17.4 Å². The fraction of sp³-hybridized carbons (Fsp3) is 0.867. The number of amides is 1. The van der Waals surface area contributed by atoms with Crippen molar-refractivity contribution in [1.29, 1.82) is 0 Å². The van der Waals surface area contributed by atoms with Crippen LogP contribution in [-0.2, 0) is 20.8 Å². The molecule has 0 spiro atoms. The molecule has 3 atom stereocenters. The van der Waals surface area contributed by atoms with E-state index in [0.29, 0.717) is 6.61 Å². The van der Waals surface area contributed by atoms with Crippen LogP contribution in [0.25, 0.3) is 0 Å². The van der Waals surface area contributed by atoms with Crippen molar-refractivity contribution in [2.24, 2.45) is 0 Å². The summed E-state index contributed by atoms with van der Waals surface area (Å²) in [6, 6.07) is 0.140. The standard InChI is InChI=1S/C30H56N2O4S/c1-5-7-8-9-10-11-12-13-14-15-16-17-18-21-28(6-2)31-30(33)36-29(27(3)34-4)35-24-20-19-22-32-23-25-37-26-32/h23,25-29H,5-22,24H2,1-4H3/p+1. The molecule has 1 N–H and O–H groups in total. The van der Waals surface area contributed by atoms with Crippen molar-refractivity contribution in [3.63, 3.8) is 0 Å². The highest BCUT2D eigenvalue weighted by Crippen LogP contribution is 2.14. The molecule has 1 aromatic heterocycles. The smallest absolute Gasteiger partial charge is 0.409 e. The Labute approximate surface area is 231 Å². The van der Waals surface area contributed by atoms with E-state index in [0.717, 1.165) is 38.6 Å². The number of thiazole rings is 1. The summed E-state index contributed by atoms with van der Waals surface area (Å²) in [5.41, 5.74) is 2.10. The van der Waals surface area contributed by atoms with Crippen LogP contribution in [0.2, 0.25) is 0 Å². The first-order valence-corrected chi connectivity index (χ1v) is 16.1. The molecule has 1 heterocycles. The topological polar surface area (TPSA) is 60.7 Å². The van der Waals surface area contributed by atoms with E-state index in [-0.39, 0.29) is 12.1 Å². The molecule has 0 aliphatic heterocycles. The van der Waals surface area contributed by atoms with Crippen LogP contribution in [-0.4, -0.2) is 38.2 Å². The average molecular weight is 542 g/mol. The van der Waals surface area contributed by atoms with Crippen molar-refractivity contribution in [3.8, 4) is 0 Å². The summed E-state index contributed by atoms with van der Waals surface area (Å²) in [4.78, 5) is 12.6. The van der Waals surface area contributed by atoms with E-state index in [1.165, 1.54) is 77.0 Å². The predicted molar refractivity (Wildman–Crippen MR) is 154 cm³/mol. The molecule has 0 aliphatic rings. The van der Waals surface area contributed by atoms with Gasteiger partial charge in [0.15, 0.2) is 6.20 Å².